The van der Waals surface area contributed by atoms with Crippen LogP contribution in [0.4, 0.5) is 0 Å². The van der Waals surface area contributed by atoms with Gasteiger partial charge in [0, 0.05) is 47.8 Å². The van der Waals surface area contributed by atoms with Crippen LogP contribution in [-0.4, -0.2) is 19.9 Å². The molecule has 4 aromatic heterocycles. The number of nitrogens with zero attached hydrogens (tertiary/aromatic N) is 4. The van der Waals surface area contributed by atoms with E-state index in [2.05, 4.69) is 121 Å². The summed E-state index contributed by atoms with van der Waals surface area (Å²) in [6.45, 7) is 0. The Morgan fingerprint density at radius 2 is 0.740 bits per heavy atom. The molecule has 0 unspecified atom stereocenters. The first-order valence-electron chi connectivity index (χ1n) is 16.5. The van der Waals surface area contributed by atoms with Gasteiger partial charge in [0.25, 0.3) is 0 Å². The molecule has 234 valence electrons. The molecule has 0 aliphatic rings. The summed E-state index contributed by atoms with van der Waals surface area (Å²) in [6, 6.07) is 54.7. The van der Waals surface area contributed by atoms with Crippen LogP contribution in [0.5, 0.6) is 0 Å². The molecule has 0 fully saturated rings. The van der Waals surface area contributed by atoms with E-state index >= 15 is 0 Å². The number of thiophene rings is 2. The number of benzene rings is 6. The van der Waals surface area contributed by atoms with Gasteiger partial charge in [-0.3, -0.25) is 0 Å². The predicted octanol–water partition coefficient (Wildman–Crippen LogP) is 12.3. The topological polar surface area (TPSA) is 51.6 Å². The van der Waals surface area contributed by atoms with E-state index in [9.17, 15) is 0 Å². The molecule has 0 atom stereocenters. The van der Waals surface area contributed by atoms with E-state index < -0.39 is 0 Å². The third-order valence-corrected chi connectivity index (χ3v) is 11.5. The molecular weight excluding hydrogens is 649 g/mol. The average Bonchev–Trinajstić information content (AvgIpc) is 3.77. The van der Waals surface area contributed by atoms with Gasteiger partial charge in [0.2, 0.25) is 0 Å². The van der Waals surface area contributed by atoms with Gasteiger partial charge in [-0.15, -0.1) is 22.7 Å². The number of rotatable bonds is 5. The molecule has 0 radical (unpaired) electrons. The van der Waals surface area contributed by atoms with Gasteiger partial charge in [-0.05, 0) is 23.3 Å². The summed E-state index contributed by atoms with van der Waals surface area (Å²) in [6.07, 6.45) is 0. The molecule has 4 heterocycles. The Morgan fingerprint density at radius 3 is 1.36 bits per heavy atom. The second kappa shape index (κ2) is 11.8. The lowest BCUT2D eigenvalue weighted by Crippen LogP contribution is -2.00. The molecule has 4 nitrogen and oxygen atoms in total. The number of fused-ring (bicyclic) bond motifs is 7. The first kappa shape index (κ1) is 28.9. The molecule has 6 aromatic carbocycles. The number of pyridine rings is 1. The Morgan fingerprint density at radius 1 is 0.320 bits per heavy atom. The second-order valence-corrected chi connectivity index (χ2v) is 14.3. The molecule has 0 amide bonds. The van der Waals surface area contributed by atoms with Crippen LogP contribution in [0.2, 0.25) is 0 Å². The molecular formula is C44H26N4S2. The highest BCUT2D eigenvalue weighted by Crippen LogP contribution is 2.47. The van der Waals surface area contributed by atoms with Gasteiger partial charge in [-0.1, -0.05) is 146 Å². The lowest BCUT2D eigenvalue weighted by Gasteiger charge is -2.10. The lowest BCUT2D eigenvalue weighted by atomic mass is 10.0. The van der Waals surface area contributed by atoms with E-state index in [1.54, 1.807) is 0 Å². The van der Waals surface area contributed by atoms with E-state index in [-0.39, 0.29) is 0 Å². The first-order valence-corrected chi connectivity index (χ1v) is 18.1. The maximum atomic E-state index is 5.38. The van der Waals surface area contributed by atoms with Crippen LogP contribution in [0.3, 0.4) is 0 Å². The van der Waals surface area contributed by atoms with Gasteiger partial charge in [0.15, 0.2) is 17.5 Å². The fourth-order valence-electron chi connectivity index (χ4n) is 6.68. The highest BCUT2D eigenvalue weighted by molar-refractivity contribution is 7.30. The Labute approximate surface area is 296 Å². The molecule has 0 aliphatic heterocycles. The Bertz CT molecular complexity index is 2840. The summed E-state index contributed by atoms with van der Waals surface area (Å²) >= 11 is 3.65. The van der Waals surface area contributed by atoms with Crippen LogP contribution in [0.15, 0.2) is 158 Å². The lowest BCUT2D eigenvalue weighted by molar-refractivity contribution is 1.07. The summed E-state index contributed by atoms with van der Waals surface area (Å²) in [4.78, 5) is 20.3. The van der Waals surface area contributed by atoms with E-state index in [4.69, 9.17) is 19.9 Å². The molecule has 0 aliphatic carbocycles. The molecule has 0 N–H and O–H groups in total. The number of hydrogen-bond donors (Lipinski definition) is 0. The number of hydrogen-bond acceptors (Lipinski definition) is 6. The van der Waals surface area contributed by atoms with E-state index in [0.717, 1.165) is 39.0 Å². The normalized spacial score (nSPS) is 11.6. The van der Waals surface area contributed by atoms with Crippen molar-refractivity contribution in [2.24, 2.45) is 0 Å². The zero-order valence-corrected chi connectivity index (χ0v) is 28.2. The Balaban J connectivity index is 1.10. The zero-order chi connectivity index (χ0) is 33.0. The van der Waals surface area contributed by atoms with Crippen molar-refractivity contribution in [1.82, 2.24) is 19.9 Å². The summed E-state index contributed by atoms with van der Waals surface area (Å²) in [7, 11) is 0. The van der Waals surface area contributed by atoms with Crippen molar-refractivity contribution in [3.05, 3.63) is 158 Å². The van der Waals surface area contributed by atoms with E-state index in [1.807, 2.05) is 59.1 Å². The molecule has 0 saturated carbocycles. The fraction of sp³-hybridized carbons (Fsp3) is 0. The summed E-state index contributed by atoms with van der Waals surface area (Å²) in [5.41, 5.74) is 8.27. The highest BCUT2D eigenvalue weighted by atomic mass is 32.1. The largest absolute Gasteiger partial charge is 0.245 e. The van der Waals surface area contributed by atoms with Crippen LogP contribution in [0.25, 0.3) is 97.0 Å². The van der Waals surface area contributed by atoms with Crippen LogP contribution in [0.1, 0.15) is 0 Å². The maximum Gasteiger partial charge on any atom is 0.164 e. The highest BCUT2D eigenvalue weighted by Gasteiger charge is 2.20. The van der Waals surface area contributed by atoms with Crippen molar-refractivity contribution in [3.63, 3.8) is 0 Å². The first-order chi connectivity index (χ1) is 24.8. The fourth-order valence-corrected chi connectivity index (χ4v) is 9.17. The summed E-state index contributed by atoms with van der Waals surface area (Å²) < 4.78 is 5.00. The van der Waals surface area contributed by atoms with Gasteiger partial charge in [-0.2, -0.15) is 0 Å². The van der Waals surface area contributed by atoms with Crippen molar-refractivity contribution < 1.29 is 0 Å². The molecule has 6 heteroatoms. The van der Waals surface area contributed by atoms with E-state index in [1.165, 1.54) is 40.5 Å². The SMILES string of the molecule is c1ccc(-c2ccc(-c3nc(-c4ccccc4)nc(-c4ccc(-c5nc6c7ccccc7sc6c6c5sc5ccccc56)cc4)n3)cc2)cc1. The monoisotopic (exact) mass is 674 g/mol. The van der Waals surface area contributed by atoms with Crippen molar-refractivity contribution in [2.45, 2.75) is 0 Å². The van der Waals surface area contributed by atoms with Crippen molar-refractivity contribution >= 4 is 63.1 Å². The Hall–Kier alpha value is -6.08. The standard InChI is InChI=1S/C44H26N4S2/c1-3-11-27(12-4-1)28-19-23-31(24-20-28)43-46-42(30-13-5-2-6-14-30)47-44(48-43)32-25-21-29(22-26-32)38-40-37(33-15-7-9-17-35(33)49-40)41-39(45-38)34-16-8-10-18-36(34)50-41/h1-26H. The van der Waals surface area contributed by atoms with Gasteiger partial charge >= 0.3 is 0 Å². The van der Waals surface area contributed by atoms with Crippen molar-refractivity contribution in [2.75, 3.05) is 0 Å². The van der Waals surface area contributed by atoms with Gasteiger partial charge in [-0.25, -0.2) is 19.9 Å². The van der Waals surface area contributed by atoms with Crippen LogP contribution >= 0.6 is 22.7 Å². The van der Waals surface area contributed by atoms with Gasteiger partial charge in [0.1, 0.15) is 0 Å². The van der Waals surface area contributed by atoms with Crippen LogP contribution in [0, 0.1) is 0 Å². The summed E-state index contributed by atoms with van der Waals surface area (Å²) in [5, 5.41) is 3.78. The third-order valence-electron chi connectivity index (χ3n) is 9.16. The van der Waals surface area contributed by atoms with Crippen LogP contribution < -0.4 is 0 Å². The number of aromatic nitrogens is 4. The zero-order valence-electron chi connectivity index (χ0n) is 26.6. The minimum absolute atomic E-state index is 0.631. The minimum atomic E-state index is 0.631. The Kier molecular flexibility index (Phi) is 6.82. The third kappa shape index (κ3) is 4.88. The molecule has 10 aromatic rings. The minimum Gasteiger partial charge on any atom is -0.245 e. The average molecular weight is 675 g/mol. The molecule has 0 spiro atoms. The molecule has 0 saturated heterocycles. The maximum absolute atomic E-state index is 5.38. The quantitative estimate of drug-likeness (QED) is 0.182. The van der Waals surface area contributed by atoms with Gasteiger partial charge < -0.3 is 0 Å². The predicted molar refractivity (Wildman–Crippen MR) is 211 cm³/mol. The molecule has 50 heavy (non-hydrogen) atoms. The van der Waals surface area contributed by atoms with Crippen LogP contribution in [-0.2, 0) is 0 Å². The second-order valence-electron chi connectivity index (χ2n) is 12.2. The van der Waals surface area contributed by atoms with Gasteiger partial charge in [0.05, 0.1) is 20.6 Å². The van der Waals surface area contributed by atoms with E-state index in [0.29, 0.717) is 17.5 Å². The molecule has 0 bridgehead atoms. The van der Waals surface area contributed by atoms with Crippen molar-refractivity contribution in [3.8, 4) is 56.5 Å². The molecule has 10 rings (SSSR count). The summed E-state index contributed by atoms with van der Waals surface area (Å²) in [5.74, 6) is 1.91. The smallest absolute Gasteiger partial charge is 0.164 e. The van der Waals surface area contributed by atoms with Crippen molar-refractivity contribution in [1.29, 1.82) is 0 Å².